The van der Waals surface area contributed by atoms with Crippen LogP contribution in [0.3, 0.4) is 0 Å². The number of carbonyl (C=O) groups is 1. The number of ether oxygens (including phenoxy) is 2. The van der Waals surface area contributed by atoms with Gasteiger partial charge in [0.2, 0.25) is 10.0 Å². The Balaban J connectivity index is 1.68. The molecule has 7 nitrogen and oxygen atoms in total. The molecular weight excluding hydrogens is 392 g/mol. The first-order chi connectivity index (χ1) is 13.8. The third-order valence-electron chi connectivity index (χ3n) is 4.61. The van der Waals surface area contributed by atoms with Gasteiger partial charge in [-0.3, -0.25) is 4.79 Å². The van der Waals surface area contributed by atoms with Gasteiger partial charge in [0, 0.05) is 25.2 Å². The highest BCUT2D eigenvalue weighted by atomic mass is 32.2. The molecule has 1 aliphatic rings. The quantitative estimate of drug-likeness (QED) is 0.677. The van der Waals surface area contributed by atoms with Crippen LogP contribution in [0.5, 0.6) is 11.5 Å². The summed E-state index contributed by atoms with van der Waals surface area (Å²) in [6, 6.07) is 11.6. The third-order valence-corrected chi connectivity index (χ3v) is 6.14. The molecule has 0 spiro atoms. The highest BCUT2D eigenvalue weighted by molar-refractivity contribution is 7.89. The van der Waals surface area contributed by atoms with Crippen molar-refractivity contribution in [2.75, 3.05) is 20.8 Å². The summed E-state index contributed by atoms with van der Waals surface area (Å²) in [7, 11) is -0.253. The van der Waals surface area contributed by atoms with Gasteiger partial charge >= 0.3 is 0 Å². The summed E-state index contributed by atoms with van der Waals surface area (Å²) in [4.78, 5) is 14.5. The van der Waals surface area contributed by atoms with Crippen LogP contribution in [0.1, 0.15) is 35.7 Å². The van der Waals surface area contributed by atoms with E-state index in [1.54, 1.807) is 31.2 Å². The molecular formula is C21H26N2O5S. The number of amides is 1. The normalized spacial score (nSPS) is 13.8. The minimum atomic E-state index is -3.53. The molecule has 1 fully saturated rings. The van der Waals surface area contributed by atoms with Gasteiger partial charge in [-0.25, -0.2) is 13.1 Å². The van der Waals surface area contributed by atoms with E-state index in [1.165, 1.54) is 12.1 Å². The zero-order valence-electron chi connectivity index (χ0n) is 16.8. The number of benzene rings is 2. The molecule has 8 heteroatoms. The predicted molar refractivity (Wildman–Crippen MR) is 110 cm³/mol. The maximum atomic E-state index is 12.7. The second-order valence-corrected chi connectivity index (χ2v) is 8.71. The fourth-order valence-corrected chi connectivity index (χ4v) is 4.22. The number of nitrogens with one attached hydrogen (secondary N) is 1. The lowest BCUT2D eigenvalue weighted by atomic mass is 10.1. The van der Waals surface area contributed by atoms with Crippen LogP contribution in [0.2, 0.25) is 0 Å². The second kappa shape index (κ2) is 8.84. The molecule has 3 rings (SSSR count). The standard InChI is InChI=1S/C21H26N2O5S/c1-4-28-19-12-5-15(13-20(19)27-3)14-23(2)21(24)16-6-10-18(11-7-16)29(25,26)22-17-8-9-17/h5-7,10-13,17,22H,4,8-9,14H2,1-3H3. The van der Waals surface area contributed by atoms with E-state index in [0.29, 0.717) is 30.2 Å². The molecule has 0 aliphatic heterocycles. The molecule has 0 radical (unpaired) electrons. The number of carbonyl (C=O) groups excluding carboxylic acids is 1. The zero-order valence-corrected chi connectivity index (χ0v) is 17.7. The lowest BCUT2D eigenvalue weighted by Gasteiger charge is -2.19. The molecule has 156 valence electrons. The van der Waals surface area contributed by atoms with Crippen molar-refractivity contribution in [3.63, 3.8) is 0 Å². The van der Waals surface area contributed by atoms with E-state index in [0.717, 1.165) is 18.4 Å². The van der Waals surface area contributed by atoms with Gasteiger partial charge in [0.05, 0.1) is 18.6 Å². The summed E-state index contributed by atoms with van der Waals surface area (Å²) in [5, 5.41) is 0. The Kier molecular flexibility index (Phi) is 6.44. The van der Waals surface area contributed by atoms with Crippen LogP contribution < -0.4 is 14.2 Å². The molecule has 2 aromatic rings. The number of methoxy groups -OCH3 is 1. The Bertz CT molecular complexity index is 969. The summed E-state index contributed by atoms with van der Waals surface area (Å²) in [6.45, 7) is 2.82. The Morgan fingerprint density at radius 2 is 1.83 bits per heavy atom. The van der Waals surface area contributed by atoms with Gasteiger partial charge in [-0.2, -0.15) is 0 Å². The van der Waals surface area contributed by atoms with Crippen molar-refractivity contribution in [1.82, 2.24) is 9.62 Å². The van der Waals surface area contributed by atoms with Crippen molar-refractivity contribution < 1.29 is 22.7 Å². The van der Waals surface area contributed by atoms with E-state index in [2.05, 4.69) is 4.72 Å². The van der Waals surface area contributed by atoms with E-state index in [1.807, 2.05) is 25.1 Å². The fraction of sp³-hybridized carbons (Fsp3) is 0.381. The average Bonchev–Trinajstić information content (AvgIpc) is 3.52. The molecule has 0 aromatic heterocycles. The van der Waals surface area contributed by atoms with Crippen LogP contribution in [0.4, 0.5) is 0 Å². The van der Waals surface area contributed by atoms with Crippen molar-refractivity contribution in [3.8, 4) is 11.5 Å². The van der Waals surface area contributed by atoms with Crippen LogP contribution in [-0.2, 0) is 16.6 Å². The number of rotatable bonds is 9. The second-order valence-electron chi connectivity index (χ2n) is 7.00. The smallest absolute Gasteiger partial charge is 0.253 e. The van der Waals surface area contributed by atoms with E-state index >= 15 is 0 Å². The molecule has 0 bridgehead atoms. The Labute approximate surface area is 171 Å². The number of hydrogen-bond acceptors (Lipinski definition) is 5. The van der Waals surface area contributed by atoms with Crippen LogP contribution in [-0.4, -0.2) is 46.0 Å². The van der Waals surface area contributed by atoms with E-state index in [9.17, 15) is 13.2 Å². The molecule has 0 saturated heterocycles. The van der Waals surface area contributed by atoms with E-state index in [4.69, 9.17) is 9.47 Å². The monoisotopic (exact) mass is 418 g/mol. The maximum Gasteiger partial charge on any atom is 0.253 e. The highest BCUT2D eigenvalue weighted by Crippen LogP contribution is 2.28. The molecule has 1 amide bonds. The molecule has 2 aromatic carbocycles. The van der Waals surface area contributed by atoms with Crippen molar-refractivity contribution in [3.05, 3.63) is 53.6 Å². The summed E-state index contributed by atoms with van der Waals surface area (Å²) < 4.78 is 38.0. The van der Waals surface area contributed by atoms with Crippen LogP contribution in [0, 0.1) is 0 Å². The first-order valence-corrected chi connectivity index (χ1v) is 11.0. The molecule has 1 N–H and O–H groups in total. The van der Waals surface area contributed by atoms with Gasteiger partial charge in [0.15, 0.2) is 11.5 Å². The number of nitrogens with zero attached hydrogens (tertiary/aromatic N) is 1. The largest absolute Gasteiger partial charge is 0.493 e. The van der Waals surface area contributed by atoms with Gasteiger partial charge in [-0.05, 0) is 61.7 Å². The van der Waals surface area contributed by atoms with Gasteiger partial charge in [0.1, 0.15) is 0 Å². The van der Waals surface area contributed by atoms with Gasteiger partial charge < -0.3 is 14.4 Å². The predicted octanol–water partition coefficient (Wildman–Crippen LogP) is 2.81. The maximum absolute atomic E-state index is 12.7. The Hall–Kier alpha value is -2.58. The van der Waals surface area contributed by atoms with Crippen molar-refractivity contribution in [1.29, 1.82) is 0 Å². The van der Waals surface area contributed by atoms with Gasteiger partial charge in [-0.1, -0.05) is 6.07 Å². The van der Waals surface area contributed by atoms with Crippen LogP contribution >= 0.6 is 0 Å². The molecule has 29 heavy (non-hydrogen) atoms. The Morgan fingerprint density at radius 1 is 1.14 bits per heavy atom. The topological polar surface area (TPSA) is 84.9 Å². The molecule has 1 saturated carbocycles. The molecule has 1 aliphatic carbocycles. The summed E-state index contributed by atoms with van der Waals surface area (Å²) >= 11 is 0. The SMILES string of the molecule is CCOc1ccc(CN(C)C(=O)c2ccc(S(=O)(=O)NC3CC3)cc2)cc1OC. The van der Waals surface area contributed by atoms with Crippen molar-refractivity contribution in [2.45, 2.75) is 37.2 Å². The van der Waals surface area contributed by atoms with Crippen molar-refractivity contribution in [2.24, 2.45) is 0 Å². The highest BCUT2D eigenvalue weighted by Gasteiger charge is 2.28. The average molecular weight is 419 g/mol. The van der Waals surface area contributed by atoms with Gasteiger partial charge in [0.25, 0.3) is 5.91 Å². The van der Waals surface area contributed by atoms with Crippen molar-refractivity contribution >= 4 is 15.9 Å². The minimum Gasteiger partial charge on any atom is -0.493 e. The first kappa shape index (κ1) is 21.1. The lowest BCUT2D eigenvalue weighted by Crippen LogP contribution is -2.27. The first-order valence-electron chi connectivity index (χ1n) is 9.51. The summed E-state index contributed by atoms with van der Waals surface area (Å²) in [6.07, 6.45) is 1.74. The lowest BCUT2D eigenvalue weighted by molar-refractivity contribution is 0.0785. The zero-order chi connectivity index (χ0) is 21.0. The fourth-order valence-electron chi connectivity index (χ4n) is 2.92. The number of sulfonamides is 1. The summed E-state index contributed by atoms with van der Waals surface area (Å²) in [5.41, 5.74) is 1.32. The third kappa shape index (κ3) is 5.27. The minimum absolute atomic E-state index is 0.0403. The van der Waals surface area contributed by atoms with E-state index < -0.39 is 10.0 Å². The molecule has 0 heterocycles. The summed E-state index contributed by atoms with van der Waals surface area (Å²) in [5.74, 6) is 1.07. The van der Waals surface area contributed by atoms with Crippen LogP contribution in [0.15, 0.2) is 47.4 Å². The van der Waals surface area contributed by atoms with E-state index in [-0.39, 0.29) is 16.8 Å². The van der Waals surface area contributed by atoms with Crippen LogP contribution in [0.25, 0.3) is 0 Å². The Morgan fingerprint density at radius 3 is 2.41 bits per heavy atom. The molecule has 0 atom stereocenters. The van der Waals surface area contributed by atoms with Gasteiger partial charge in [-0.15, -0.1) is 0 Å². The number of hydrogen-bond donors (Lipinski definition) is 1. The molecule has 0 unspecified atom stereocenters.